The summed E-state index contributed by atoms with van der Waals surface area (Å²) in [7, 11) is 0. The van der Waals surface area contributed by atoms with Gasteiger partial charge in [-0.15, -0.1) is 11.3 Å². The van der Waals surface area contributed by atoms with Crippen LogP contribution in [-0.4, -0.2) is 17.6 Å². The second kappa shape index (κ2) is 5.43. The fraction of sp³-hybridized carbons (Fsp3) is 0.500. The van der Waals surface area contributed by atoms with Crippen molar-refractivity contribution >= 4 is 22.5 Å². The lowest BCUT2D eigenvalue weighted by atomic mass is 10.5. The third kappa shape index (κ3) is 3.61. The Labute approximate surface area is 86.7 Å². The smallest absolute Gasteiger partial charge is 0.315 e. The highest BCUT2D eigenvalue weighted by atomic mass is 32.1. The quantitative estimate of drug-likeness (QED) is 0.697. The molecule has 0 saturated heterocycles. The number of hydrogen-bond acceptors (Lipinski definition) is 4. The highest BCUT2D eigenvalue weighted by Crippen LogP contribution is 2.10. The molecule has 0 spiro atoms. The van der Waals surface area contributed by atoms with Gasteiger partial charge in [-0.3, -0.25) is 0 Å². The van der Waals surface area contributed by atoms with Crippen LogP contribution in [0.15, 0.2) is 5.38 Å². The highest BCUT2D eigenvalue weighted by molar-refractivity contribution is 7.13. The Morgan fingerprint density at radius 2 is 2.43 bits per heavy atom. The van der Waals surface area contributed by atoms with Crippen LogP contribution in [0.2, 0.25) is 0 Å². The molecule has 0 atom stereocenters. The lowest BCUT2D eigenvalue weighted by Gasteiger charge is -2.04. The average Bonchev–Trinajstić information content (AvgIpc) is 2.58. The number of nitrogens with zero attached hydrogens (tertiary/aromatic N) is 1. The van der Waals surface area contributed by atoms with E-state index in [1.165, 1.54) is 11.3 Å². The number of nitrogens with two attached hydrogens (primary N) is 1. The summed E-state index contributed by atoms with van der Waals surface area (Å²) < 4.78 is 0. The number of urea groups is 1. The lowest BCUT2D eigenvalue weighted by Crippen LogP contribution is -2.35. The van der Waals surface area contributed by atoms with Crippen LogP contribution < -0.4 is 16.4 Å². The summed E-state index contributed by atoms with van der Waals surface area (Å²) in [5.41, 5.74) is 6.24. The van der Waals surface area contributed by atoms with Crippen molar-refractivity contribution in [2.24, 2.45) is 0 Å². The number of amides is 2. The summed E-state index contributed by atoms with van der Waals surface area (Å²) >= 11 is 1.37. The second-order valence-corrected chi connectivity index (χ2v) is 3.68. The van der Waals surface area contributed by atoms with Crippen molar-refractivity contribution in [2.75, 3.05) is 12.3 Å². The maximum absolute atomic E-state index is 11.1. The van der Waals surface area contributed by atoms with Gasteiger partial charge in [0.15, 0.2) is 5.13 Å². The zero-order valence-electron chi connectivity index (χ0n) is 8.04. The topological polar surface area (TPSA) is 80.0 Å². The summed E-state index contributed by atoms with van der Waals surface area (Å²) in [6.07, 6.45) is 0.928. The van der Waals surface area contributed by atoms with E-state index in [9.17, 15) is 4.79 Å². The number of nitrogens with one attached hydrogen (secondary N) is 2. The zero-order valence-corrected chi connectivity index (χ0v) is 8.86. The lowest BCUT2D eigenvalue weighted by molar-refractivity contribution is 0.240. The molecule has 2 amide bonds. The third-order valence-corrected chi connectivity index (χ3v) is 2.26. The van der Waals surface area contributed by atoms with Crippen molar-refractivity contribution in [3.8, 4) is 0 Å². The largest absolute Gasteiger partial charge is 0.375 e. The molecule has 0 aliphatic heterocycles. The van der Waals surface area contributed by atoms with Gasteiger partial charge in [-0.25, -0.2) is 9.78 Å². The summed E-state index contributed by atoms with van der Waals surface area (Å²) in [6, 6.07) is -0.168. The Kier molecular flexibility index (Phi) is 4.18. The van der Waals surface area contributed by atoms with E-state index >= 15 is 0 Å². The molecule has 1 aromatic heterocycles. The van der Waals surface area contributed by atoms with Gasteiger partial charge in [-0.2, -0.15) is 0 Å². The number of hydrogen-bond donors (Lipinski definition) is 3. The third-order valence-electron chi connectivity index (χ3n) is 1.54. The average molecular weight is 214 g/mol. The second-order valence-electron chi connectivity index (χ2n) is 2.79. The van der Waals surface area contributed by atoms with Crippen molar-refractivity contribution in [3.05, 3.63) is 11.1 Å². The molecule has 0 saturated carbocycles. The van der Waals surface area contributed by atoms with Crippen LogP contribution in [0.3, 0.4) is 0 Å². The Balaban J connectivity index is 2.23. The Bertz CT molecular complexity index is 299. The predicted molar refractivity (Wildman–Crippen MR) is 57.1 cm³/mol. The first-order valence-electron chi connectivity index (χ1n) is 4.44. The first kappa shape index (κ1) is 10.8. The first-order chi connectivity index (χ1) is 6.72. The maximum atomic E-state index is 11.1. The van der Waals surface area contributed by atoms with Gasteiger partial charge in [0.05, 0.1) is 12.2 Å². The van der Waals surface area contributed by atoms with Crippen LogP contribution in [0.25, 0.3) is 0 Å². The summed E-state index contributed by atoms with van der Waals surface area (Å²) in [5, 5.41) is 7.74. The molecule has 14 heavy (non-hydrogen) atoms. The maximum Gasteiger partial charge on any atom is 0.315 e. The van der Waals surface area contributed by atoms with Gasteiger partial charge < -0.3 is 16.4 Å². The predicted octanol–water partition coefficient (Wildman–Crippen LogP) is 0.934. The molecule has 1 aromatic rings. The van der Waals surface area contributed by atoms with Crippen molar-refractivity contribution in [1.29, 1.82) is 0 Å². The molecular formula is C8H14N4OS. The first-order valence-corrected chi connectivity index (χ1v) is 5.32. The van der Waals surface area contributed by atoms with Crippen molar-refractivity contribution < 1.29 is 4.79 Å². The molecule has 5 nitrogen and oxygen atoms in total. The molecule has 78 valence electrons. The van der Waals surface area contributed by atoms with Gasteiger partial charge in [0, 0.05) is 11.9 Å². The monoisotopic (exact) mass is 214 g/mol. The normalized spacial score (nSPS) is 9.79. The van der Waals surface area contributed by atoms with Gasteiger partial charge in [-0.1, -0.05) is 6.92 Å². The standard InChI is InChI=1S/C8H14N4OS/c1-2-3-10-8(13)11-4-6-5-14-7(9)12-6/h5H,2-4H2,1H3,(H2,9,12)(H2,10,11,13). The fourth-order valence-corrected chi connectivity index (χ4v) is 1.44. The number of thiazole rings is 1. The van der Waals surface area contributed by atoms with E-state index in [1.54, 1.807) is 0 Å². The summed E-state index contributed by atoms with van der Waals surface area (Å²) in [6.45, 7) is 3.11. The molecule has 0 radical (unpaired) electrons. The van der Waals surface area contributed by atoms with E-state index in [0.29, 0.717) is 18.2 Å². The Morgan fingerprint density at radius 3 is 3.00 bits per heavy atom. The van der Waals surface area contributed by atoms with Crippen LogP contribution in [-0.2, 0) is 6.54 Å². The van der Waals surface area contributed by atoms with Crippen LogP contribution in [0, 0.1) is 0 Å². The zero-order chi connectivity index (χ0) is 10.4. The van der Waals surface area contributed by atoms with E-state index < -0.39 is 0 Å². The van der Waals surface area contributed by atoms with E-state index in [0.717, 1.165) is 12.1 Å². The highest BCUT2D eigenvalue weighted by Gasteiger charge is 2.01. The minimum atomic E-state index is -0.168. The molecule has 0 unspecified atom stereocenters. The molecule has 1 rings (SSSR count). The molecule has 4 N–H and O–H groups in total. The van der Waals surface area contributed by atoms with Crippen LogP contribution in [0.5, 0.6) is 0 Å². The molecule has 0 aliphatic rings. The minimum absolute atomic E-state index is 0.168. The van der Waals surface area contributed by atoms with E-state index in [2.05, 4.69) is 15.6 Å². The molecule has 1 heterocycles. The molecule has 0 bridgehead atoms. The van der Waals surface area contributed by atoms with Gasteiger partial charge >= 0.3 is 6.03 Å². The number of nitrogen functional groups attached to an aromatic ring is 1. The van der Waals surface area contributed by atoms with E-state index in [4.69, 9.17) is 5.73 Å². The van der Waals surface area contributed by atoms with E-state index in [1.807, 2.05) is 12.3 Å². The molecule has 0 fully saturated rings. The SMILES string of the molecule is CCCNC(=O)NCc1csc(N)n1. The van der Waals surface area contributed by atoms with Crippen molar-refractivity contribution in [2.45, 2.75) is 19.9 Å². The van der Waals surface area contributed by atoms with Crippen LogP contribution >= 0.6 is 11.3 Å². The Hall–Kier alpha value is -1.30. The Morgan fingerprint density at radius 1 is 1.64 bits per heavy atom. The van der Waals surface area contributed by atoms with Crippen molar-refractivity contribution in [3.63, 3.8) is 0 Å². The minimum Gasteiger partial charge on any atom is -0.375 e. The van der Waals surface area contributed by atoms with Crippen molar-refractivity contribution in [1.82, 2.24) is 15.6 Å². The molecule has 0 aliphatic carbocycles. The molecular weight excluding hydrogens is 200 g/mol. The molecule has 6 heteroatoms. The number of anilines is 1. The number of carbonyl (C=O) groups is 1. The summed E-state index contributed by atoms with van der Waals surface area (Å²) in [4.78, 5) is 15.1. The number of carbonyl (C=O) groups excluding carboxylic acids is 1. The van der Waals surface area contributed by atoms with Gasteiger partial charge in [0.25, 0.3) is 0 Å². The number of aromatic nitrogens is 1. The number of rotatable bonds is 4. The van der Waals surface area contributed by atoms with Gasteiger partial charge in [-0.05, 0) is 6.42 Å². The fourth-order valence-electron chi connectivity index (χ4n) is 0.876. The van der Waals surface area contributed by atoms with Crippen LogP contribution in [0.4, 0.5) is 9.93 Å². The summed E-state index contributed by atoms with van der Waals surface area (Å²) in [5.74, 6) is 0. The molecule has 0 aromatic carbocycles. The van der Waals surface area contributed by atoms with Crippen LogP contribution in [0.1, 0.15) is 19.0 Å². The van der Waals surface area contributed by atoms with Gasteiger partial charge in [0.1, 0.15) is 0 Å². The van der Waals surface area contributed by atoms with E-state index in [-0.39, 0.29) is 6.03 Å². The van der Waals surface area contributed by atoms with Gasteiger partial charge in [0.2, 0.25) is 0 Å².